The molecule has 46 heavy (non-hydrogen) atoms. The van der Waals surface area contributed by atoms with Crippen molar-refractivity contribution in [1.82, 2.24) is 15.0 Å². The van der Waals surface area contributed by atoms with Crippen LogP contribution in [-0.4, -0.2) is 61.4 Å². The molecule has 3 aromatic rings. The van der Waals surface area contributed by atoms with Crippen LogP contribution in [0.4, 0.5) is 21.0 Å². The summed E-state index contributed by atoms with van der Waals surface area (Å²) >= 11 is 1.41. The number of amides is 2. The zero-order valence-corrected chi connectivity index (χ0v) is 27.1. The molecule has 1 saturated heterocycles. The van der Waals surface area contributed by atoms with Crippen LogP contribution in [0, 0.1) is 10.1 Å². The van der Waals surface area contributed by atoms with E-state index in [1.54, 1.807) is 39.1 Å². The van der Waals surface area contributed by atoms with Gasteiger partial charge in [0.1, 0.15) is 5.75 Å². The minimum absolute atomic E-state index is 0.0107. The Balaban J connectivity index is 1.30. The van der Waals surface area contributed by atoms with E-state index in [-0.39, 0.29) is 40.1 Å². The first-order valence-electron chi connectivity index (χ1n) is 14.7. The van der Waals surface area contributed by atoms with Gasteiger partial charge in [0.25, 0.3) is 5.69 Å². The number of aromatic nitrogens is 1. The first-order valence-corrected chi connectivity index (χ1v) is 17.0. The second-order valence-corrected chi connectivity index (χ2v) is 14.9. The fourth-order valence-corrected chi connectivity index (χ4v) is 7.95. The number of nitrogens with one attached hydrogen (secondary N) is 3. The highest BCUT2D eigenvalue weighted by molar-refractivity contribution is 7.89. The maximum Gasteiger partial charge on any atom is 0.417 e. The first-order chi connectivity index (χ1) is 21.8. The molecule has 14 nitrogen and oxygen atoms in total. The molecule has 1 aliphatic heterocycles. The number of nitrogens with zero attached hydrogens (tertiary/aromatic N) is 2. The molecule has 2 fully saturated rings. The molecule has 0 bridgehead atoms. The van der Waals surface area contributed by atoms with Crippen LogP contribution in [0.1, 0.15) is 57.4 Å². The van der Waals surface area contributed by atoms with Gasteiger partial charge in [0.15, 0.2) is 6.10 Å². The van der Waals surface area contributed by atoms with Gasteiger partial charge in [0.05, 0.1) is 32.9 Å². The lowest BCUT2D eigenvalue weighted by Gasteiger charge is -2.30. The maximum absolute atomic E-state index is 13.6. The molecule has 1 aliphatic carbocycles. The zero-order valence-electron chi connectivity index (χ0n) is 25.5. The number of alkyl carbamates (subject to hydrolysis) is 1. The van der Waals surface area contributed by atoms with Crippen molar-refractivity contribution >= 4 is 44.9 Å². The predicted octanol–water partition coefficient (Wildman–Crippen LogP) is 5.56. The summed E-state index contributed by atoms with van der Waals surface area (Å²) in [6.45, 7) is 6.04. The third-order valence-corrected chi connectivity index (χ3v) is 10.3. The van der Waals surface area contributed by atoms with Crippen LogP contribution >= 0.6 is 11.3 Å². The van der Waals surface area contributed by atoms with E-state index >= 15 is 0 Å². The van der Waals surface area contributed by atoms with E-state index in [0.29, 0.717) is 23.7 Å². The lowest BCUT2D eigenvalue weighted by atomic mass is 9.86. The number of benzene rings is 2. The molecule has 2 aromatic carbocycles. The molecule has 1 saturated carbocycles. The minimum Gasteiger partial charge on any atom is -0.441 e. The van der Waals surface area contributed by atoms with Gasteiger partial charge in [0, 0.05) is 47.1 Å². The fourth-order valence-electron chi connectivity index (χ4n) is 5.09. The van der Waals surface area contributed by atoms with Crippen molar-refractivity contribution in [2.24, 2.45) is 0 Å². The summed E-state index contributed by atoms with van der Waals surface area (Å²) < 4.78 is 45.4. The average molecular weight is 674 g/mol. The Hall–Kier alpha value is -4.12. The number of hydrogen-bond acceptors (Lipinski definition) is 11. The van der Waals surface area contributed by atoms with Crippen LogP contribution in [0.15, 0.2) is 53.6 Å². The molecule has 2 amide bonds. The number of carbonyl (C=O) groups excluding carboxylic acids is 2. The minimum atomic E-state index is -4.05. The summed E-state index contributed by atoms with van der Waals surface area (Å²) in [4.78, 5) is 40.3. The largest absolute Gasteiger partial charge is 0.441 e. The number of carbonyl (C=O) groups is 2. The van der Waals surface area contributed by atoms with E-state index < -0.39 is 32.7 Å². The maximum atomic E-state index is 13.6. The normalized spacial score (nSPS) is 18.7. The second kappa shape index (κ2) is 13.7. The summed E-state index contributed by atoms with van der Waals surface area (Å²) in [6, 6.07) is 9.51. The SMILES string of the molecule is CC(C)(C)NS(=O)(=O)c1cc(NC(=O)Oc2ccc([N+](=O)[O-])cc2)ccc1-c1cnc([C@H]2CC[C@H](NC(=O)OC3COC3)CC2)s1. The Bertz CT molecular complexity index is 1690. The van der Waals surface area contributed by atoms with Gasteiger partial charge < -0.3 is 19.5 Å². The third kappa shape index (κ3) is 8.57. The third-order valence-electron chi connectivity index (χ3n) is 7.28. The van der Waals surface area contributed by atoms with Crippen LogP contribution < -0.4 is 20.1 Å². The highest BCUT2D eigenvalue weighted by Gasteiger charge is 2.30. The number of nitro benzene ring substituents is 1. The molecular weight excluding hydrogens is 638 g/mol. The lowest BCUT2D eigenvalue weighted by Crippen LogP contribution is -2.44. The van der Waals surface area contributed by atoms with Crippen LogP contribution in [0.5, 0.6) is 5.75 Å². The Kier molecular flexibility index (Phi) is 9.91. The van der Waals surface area contributed by atoms with Crippen molar-refractivity contribution in [2.45, 2.75) is 75.0 Å². The second-order valence-electron chi connectivity index (χ2n) is 12.2. The molecule has 5 rings (SSSR count). The fraction of sp³-hybridized carbons (Fsp3) is 0.433. The van der Waals surface area contributed by atoms with Crippen molar-refractivity contribution in [3.8, 4) is 16.2 Å². The summed E-state index contributed by atoms with van der Waals surface area (Å²) in [5.41, 5.74) is -0.340. The van der Waals surface area contributed by atoms with Crippen LogP contribution in [0.2, 0.25) is 0 Å². The standard InChI is InChI=1S/C30H35N5O9S2/c1-30(2,3)34-46(40,41)26-14-20(33-29(37)43-22-11-9-21(10-12-22)35(38)39)8-13-24(26)25-15-31-27(45-25)18-4-6-19(7-5-18)32-28(36)44-23-16-42-17-23/h8-15,18-19,23,34H,4-7,16-17H2,1-3H3,(H,32,36)(H,33,37)/t18-,19-. The van der Waals surface area contributed by atoms with E-state index in [4.69, 9.17) is 14.2 Å². The highest BCUT2D eigenvalue weighted by atomic mass is 32.2. The molecule has 16 heteroatoms. The number of anilines is 1. The number of thiazole rings is 1. The number of rotatable bonds is 9. The van der Waals surface area contributed by atoms with Gasteiger partial charge in [0.2, 0.25) is 10.0 Å². The Morgan fingerprint density at radius 3 is 2.35 bits per heavy atom. The monoisotopic (exact) mass is 673 g/mol. The van der Waals surface area contributed by atoms with E-state index in [1.807, 2.05) is 0 Å². The number of hydrogen-bond donors (Lipinski definition) is 3. The molecule has 1 aromatic heterocycles. The van der Waals surface area contributed by atoms with Gasteiger partial charge in [-0.2, -0.15) is 0 Å². The first kappa shape index (κ1) is 33.2. The van der Waals surface area contributed by atoms with Crippen molar-refractivity contribution < 1.29 is 37.1 Å². The van der Waals surface area contributed by atoms with Crippen molar-refractivity contribution in [2.75, 3.05) is 18.5 Å². The van der Waals surface area contributed by atoms with Crippen molar-refractivity contribution in [3.63, 3.8) is 0 Å². The van der Waals surface area contributed by atoms with Gasteiger partial charge in [-0.3, -0.25) is 15.4 Å². The highest BCUT2D eigenvalue weighted by Crippen LogP contribution is 2.40. The Morgan fingerprint density at radius 2 is 1.74 bits per heavy atom. The van der Waals surface area contributed by atoms with Crippen LogP contribution in [-0.2, 0) is 19.5 Å². The summed E-state index contributed by atoms with van der Waals surface area (Å²) in [6.07, 6.45) is 3.29. The molecule has 3 N–H and O–H groups in total. The lowest BCUT2D eigenvalue weighted by molar-refractivity contribution is -0.384. The predicted molar refractivity (Wildman–Crippen MR) is 170 cm³/mol. The quantitative estimate of drug-likeness (QED) is 0.192. The van der Waals surface area contributed by atoms with Gasteiger partial charge >= 0.3 is 12.2 Å². The van der Waals surface area contributed by atoms with Gasteiger partial charge in [-0.15, -0.1) is 11.3 Å². The van der Waals surface area contributed by atoms with Crippen molar-refractivity contribution in [1.29, 1.82) is 0 Å². The van der Waals surface area contributed by atoms with E-state index in [2.05, 4.69) is 20.3 Å². The Morgan fingerprint density at radius 1 is 1.04 bits per heavy atom. The Labute approximate surface area is 270 Å². The van der Waals surface area contributed by atoms with E-state index in [0.717, 1.165) is 30.7 Å². The van der Waals surface area contributed by atoms with Crippen LogP contribution in [0.25, 0.3) is 10.4 Å². The molecule has 2 heterocycles. The average Bonchev–Trinajstić information content (AvgIpc) is 3.45. The molecule has 246 valence electrons. The molecule has 0 atom stereocenters. The summed E-state index contributed by atoms with van der Waals surface area (Å²) in [5.74, 6) is 0.239. The smallest absolute Gasteiger partial charge is 0.417 e. The molecule has 2 aliphatic rings. The topological polar surface area (TPSA) is 188 Å². The molecule has 0 unspecified atom stereocenters. The van der Waals surface area contributed by atoms with Gasteiger partial charge in [-0.25, -0.2) is 27.7 Å². The van der Waals surface area contributed by atoms with E-state index in [9.17, 15) is 28.1 Å². The zero-order chi connectivity index (χ0) is 33.1. The summed E-state index contributed by atoms with van der Waals surface area (Å²) in [5, 5.41) is 17.2. The molecular formula is C30H35N5O9S2. The van der Waals surface area contributed by atoms with Crippen LogP contribution in [0.3, 0.4) is 0 Å². The van der Waals surface area contributed by atoms with Gasteiger partial charge in [-0.1, -0.05) is 6.07 Å². The number of sulfonamides is 1. The number of non-ortho nitro benzene ring substituents is 1. The number of nitro groups is 1. The number of ether oxygens (including phenoxy) is 3. The van der Waals surface area contributed by atoms with Gasteiger partial charge in [-0.05, 0) is 70.7 Å². The molecule has 0 radical (unpaired) electrons. The molecule has 0 spiro atoms. The summed E-state index contributed by atoms with van der Waals surface area (Å²) in [7, 11) is -4.05. The van der Waals surface area contributed by atoms with E-state index in [1.165, 1.54) is 41.7 Å². The van der Waals surface area contributed by atoms with Crippen molar-refractivity contribution in [3.05, 3.63) is 63.8 Å².